The molecular weight excluding hydrogens is 180 g/mol. The van der Waals surface area contributed by atoms with Crippen LogP contribution in [0.1, 0.15) is 46.3 Å². The predicted molar refractivity (Wildman–Crippen MR) is 47.9 cm³/mol. The number of aromatic nitrogens is 2. The first-order chi connectivity index (χ1) is 6.88. The molecule has 1 fully saturated rings. The molecule has 3 rings (SSSR count). The number of hydrogen-bond donors (Lipinski definition) is 0. The van der Waals surface area contributed by atoms with Crippen molar-refractivity contribution < 1.29 is 9.53 Å². The fourth-order valence-corrected chi connectivity index (χ4v) is 1.72. The van der Waals surface area contributed by atoms with Crippen LogP contribution in [0.3, 0.4) is 0 Å². The first kappa shape index (κ1) is 8.05. The molecule has 2 aliphatic rings. The Kier molecular flexibility index (Phi) is 1.64. The molecule has 2 heterocycles. The highest BCUT2D eigenvalue weighted by Crippen LogP contribution is 2.38. The Bertz CT molecular complexity index is 399. The zero-order valence-electron chi connectivity index (χ0n) is 7.69. The lowest BCUT2D eigenvalue weighted by Crippen LogP contribution is -2.04. The molecule has 0 unspecified atom stereocenters. The first-order valence-electron chi connectivity index (χ1n) is 4.81. The number of nitrogens with zero attached hydrogens (tertiary/aromatic N) is 2. The van der Waals surface area contributed by atoms with Gasteiger partial charge in [0, 0.05) is 11.5 Å². The average Bonchev–Trinajstić information content (AvgIpc) is 2.95. The van der Waals surface area contributed by atoms with Gasteiger partial charge in [-0.1, -0.05) is 0 Å². The van der Waals surface area contributed by atoms with Crippen LogP contribution in [-0.4, -0.2) is 16.3 Å². The van der Waals surface area contributed by atoms with Gasteiger partial charge in [0.25, 0.3) is 0 Å². The summed E-state index contributed by atoms with van der Waals surface area (Å²) < 4.78 is 5.25. The Morgan fingerprint density at radius 1 is 1.29 bits per heavy atom. The van der Waals surface area contributed by atoms with Crippen LogP contribution in [0.25, 0.3) is 0 Å². The van der Waals surface area contributed by atoms with Gasteiger partial charge in [0.15, 0.2) is 6.29 Å². The zero-order chi connectivity index (χ0) is 9.54. The molecule has 0 N–H and O–H groups in total. The molecule has 4 nitrogen and oxygen atoms in total. The van der Waals surface area contributed by atoms with Crippen LogP contribution in [0.15, 0.2) is 0 Å². The van der Waals surface area contributed by atoms with Crippen LogP contribution < -0.4 is 0 Å². The van der Waals surface area contributed by atoms with Gasteiger partial charge in [0.1, 0.15) is 11.5 Å². The Balaban J connectivity index is 2.13. The van der Waals surface area contributed by atoms with Crippen molar-refractivity contribution in [1.82, 2.24) is 9.97 Å². The number of hydrogen-bond acceptors (Lipinski definition) is 4. The highest BCUT2D eigenvalue weighted by atomic mass is 16.5. The summed E-state index contributed by atoms with van der Waals surface area (Å²) in [6.45, 7) is 1.01. The molecule has 4 heteroatoms. The smallest absolute Gasteiger partial charge is 0.168 e. The van der Waals surface area contributed by atoms with E-state index in [9.17, 15) is 4.79 Å². The summed E-state index contributed by atoms with van der Waals surface area (Å²) in [6, 6.07) is 0. The van der Waals surface area contributed by atoms with E-state index in [1.807, 2.05) is 0 Å². The van der Waals surface area contributed by atoms with Crippen molar-refractivity contribution >= 4 is 6.29 Å². The highest BCUT2D eigenvalue weighted by molar-refractivity contribution is 5.74. The van der Waals surface area contributed by atoms with Crippen molar-refractivity contribution in [2.24, 2.45) is 0 Å². The summed E-state index contributed by atoms with van der Waals surface area (Å²) in [4.78, 5) is 19.5. The predicted octanol–water partition coefficient (Wildman–Crippen LogP) is 1.20. The number of carbonyl (C=O) groups excluding carboxylic acids is 1. The molecule has 1 aromatic heterocycles. The molecule has 0 spiro atoms. The van der Waals surface area contributed by atoms with Crippen molar-refractivity contribution in [2.75, 3.05) is 0 Å². The molecule has 0 aromatic carbocycles. The van der Waals surface area contributed by atoms with E-state index < -0.39 is 0 Å². The fraction of sp³-hybridized carbons (Fsp3) is 0.500. The third-order valence-electron chi connectivity index (χ3n) is 2.68. The van der Waals surface area contributed by atoms with E-state index in [0.29, 0.717) is 24.8 Å². The molecule has 1 aliphatic carbocycles. The van der Waals surface area contributed by atoms with Crippen molar-refractivity contribution in [1.29, 1.82) is 0 Å². The number of carbonyl (C=O) groups is 1. The van der Waals surface area contributed by atoms with Gasteiger partial charge in [-0.15, -0.1) is 0 Å². The standard InChI is InChI=1S/C10H10N2O2/c13-3-8-7-4-14-5-9(7)12-10(11-8)6-1-2-6/h3,6H,1-2,4-5H2. The Hall–Kier alpha value is -1.29. The Labute approximate surface area is 81.3 Å². The van der Waals surface area contributed by atoms with E-state index in [-0.39, 0.29) is 0 Å². The fourth-order valence-electron chi connectivity index (χ4n) is 1.72. The van der Waals surface area contributed by atoms with Gasteiger partial charge in [-0.05, 0) is 12.8 Å². The molecule has 14 heavy (non-hydrogen) atoms. The van der Waals surface area contributed by atoms with Gasteiger partial charge in [-0.2, -0.15) is 0 Å². The third-order valence-corrected chi connectivity index (χ3v) is 2.68. The molecular formula is C10H10N2O2. The molecule has 1 aliphatic heterocycles. The maximum atomic E-state index is 10.8. The lowest BCUT2D eigenvalue weighted by atomic mass is 10.2. The van der Waals surface area contributed by atoms with Crippen molar-refractivity contribution in [2.45, 2.75) is 32.0 Å². The molecule has 72 valence electrons. The lowest BCUT2D eigenvalue weighted by molar-refractivity contribution is 0.111. The van der Waals surface area contributed by atoms with Crippen LogP contribution in [-0.2, 0) is 18.0 Å². The van der Waals surface area contributed by atoms with Gasteiger partial charge in [0.05, 0.1) is 18.9 Å². The van der Waals surface area contributed by atoms with E-state index in [2.05, 4.69) is 9.97 Å². The largest absolute Gasteiger partial charge is 0.370 e. The number of ether oxygens (including phenoxy) is 1. The van der Waals surface area contributed by atoms with E-state index in [0.717, 1.165) is 36.2 Å². The normalized spacial score (nSPS) is 19.4. The van der Waals surface area contributed by atoms with Crippen molar-refractivity contribution in [3.63, 3.8) is 0 Å². The summed E-state index contributed by atoms with van der Waals surface area (Å²) in [6.07, 6.45) is 3.11. The van der Waals surface area contributed by atoms with Gasteiger partial charge in [0.2, 0.25) is 0 Å². The molecule has 0 saturated heterocycles. The minimum absolute atomic E-state index is 0.481. The summed E-state index contributed by atoms with van der Waals surface area (Å²) in [5.74, 6) is 1.32. The minimum atomic E-state index is 0.481. The van der Waals surface area contributed by atoms with E-state index in [1.165, 1.54) is 0 Å². The van der Waals surface area contributed by atoms with Gasteiger partial charge < -0.3 is 4.74 Å². The van der Waals surface area contributed by atoms with Gasteiger partial charge >= 0.3 is 0 Å². The second-order valence-corrected chi connectivity index (χ2v) is 3.78. The molecule has 0 bridgehead atoms. The minimum Gasteiger partial charge on any atom is -0.370 e. The van der Waals surface area contributed by atoms with Crippen LogP contribution in [0, 0.1) is 0 Å². The molecule has 0 radical (unpaired) electrons. The second-order valence-electron chi connectivity index (χ2n) is 3.78. The lowest BCUT2D eigenvalue weighted by Gasteiger charge is -2.02. The maximum absolute atomic E-state index is 10.8. The van der Waals surface area contributed by atoms with Crippen LogP contribution in [0.5, 0.6) is 0 Å². The SMILES string of the molecule is O=Cc1nc(C2CC2)nc2c1COC2. The molecule has 0 amide bonds. The van der Waals surface area contributed by atoms with Gasteiger partial charge in [-0.25, -0.2) is 9.97 Å². The highest BCUT2D eigenvalue weighted by Gasteiger charge is 2.29. The Morgan fingerprint density at radius 2 is 2.14 bits per heavy atom. The van der Waals surface area contributed by atoms with E-state index in [1.54, 1.807) is 0 Å². The maximum Gasteiger partial charge on any atom is 0.168 e. The first-order valence-corrected chi connectivity index (χ1v) is 4.81. The third kappa shape index (κ3) is 1.14. The summed E-state index contributed by atoms with van der Waals surface area (Å²) in [5, 5.41) is 0. The second kappa shape index (κ2) is 2.85. The quantitative estimate of drug-likeness (QED) is 0.657. The van der Waals surface area contributed by atoms with Crippen LogP contribution in [0.2, 0.25) is 0 Å². The topological polar surface area (TPSA) is 52.1 Å². The molecule has 1 saturated carbocycles. The molecule has 1 aromatic rings. The Morgan fingerprint density at radius 3 is 2.86 bits per heavy atom. The monoisotopic (exact) mass is 190 g/mol. The average molecular weight is 190 g/mol. The van der Waals surface area contributed by atoms with E-state index in [4.69, 9.17) is 4.74 Å². The number of rotatable bonds is 2. The van der Waals surface area contributed by atoms with E-state index >= 15 is 0 Å². The van der Waals surface area contributed by atoms with Crippen molar-refractivity contribution in [3.8, 4) is 0 Å². The van der Waals surface area contributed by atoms with Gasteiger partial charge in [-0.3, -0.25) is 4.79 Å². The zero-order valence-corrected chi connectivity index (χ0v) is 7.69. The summed E-state index contributed by atoms with van der Waals surface area (Å²) in [5.41, 5.74) is 2.31. The van der Waals surface area contributed by atoms with Crippen LogP contribution in [0.4, 0.5) is 0 Å². The molecule has 0 atom stereocenters. The summed E-state index contributed by atoms with van der Waals surface area (Å²) >= 11 is 0. The number of fused-ring (bicyclic) bond motifs is 1. The summed E-state index contributed by atoms with van der Waals surface area (Å²) in [7, 11) is 0. The van der Waals surface area contributed by atoms with Crippen molar-refractivity contribution in [3.05, 3.63) is 22.8 Å². The number of aldehydes is 1. The van der Waals surface area contributed by atoms with Crippen LogP contribution >= 0.6 is 0 Å².